The van der Waals surface area contributed by atoms with Crippen molar-refractivity contribution in [3.8, 4) is 0 Å². The van der Waals surface area contributed by atoms with Crippen LogP contribution in [0.1, 0.15) is 13.8 Å². The van der Waals surface area contributed by atoms with Crippen molar-refractivity contribution in [3.63, 3.8) is 0 Å². The number of aliphatic imine (C=N–C) groups is 1. The number of hydrogen-bond acceptors (Lipinski definition) is 3. The molecule has 0 saturated carbocycles. The second-order valence-corrected chi connectivity index (χ2v) is 2.18. The first-order valence-corrected chi connectivity index (χ1v) is 3.64. The van der Waals surface area contributed by atoms with Crippen LogP contribution in [0, 0.1) is 0 Å². The van der Waals surface area contributed by atoms with Crippen molar-refractivity contribution >= 4 is 6.02 Å². The molecular formula is C8H12N2O. The standard InChI is InChI=1S/C8H12N2O/c1-3-11-8-9-6-4-5-7(2)10-8/h4-6H,3H2,1-2H3,(H,9,10). The van der Waals surface area contributed by atoms with Crippen molar-refractivity contribution in [2.24, 2.45) is 4.99 Å². The summed E-state index contributed by atoms with van der Waals surface area (Å²) < 4.78 is 5.18. The van der Waals surface area contributed by atoms with Crippen LogP contribution < -0.4 is 5.32 Å². The Bertz CT molecular complexity index is 216. The maximum absolute atomic E-state index is 5.18. The zero-order valence-corrected chi connectivity index (χ0v) is 6.79. The van der Waals surface area contributed by atoms with Crippen LogP contribution in [0.25, 0.3) is 0 Å². The Morgan fingerprint density at radius 3 is 3.18 bits per heavy atom. The Morgan fingerprint density at radius 1 is 1.64 bits per heavy atom. The van der Waals surface area contributed by atoms with Crippen molar-refractivity contribution < 1.29 is 4.74 Å². The molecule has 0 aliphatic carbocycles. The lowest BCUT2D eigenvalue weighted by molar-refractivity contribution is 0.314. The van der Waals surface area contributed by atoms with Gasteiger partial charge in [0.15, 0.2) is 0 Å². The molecule has 1 N–H and O–H groups in total. The lowest BCUT2D eigenvalue weighted by Gasteiger charge is -2.06. The van der Waals surface area contributed by atoms with Crippen LogP contribution in [0.4, 0.5) is 0 Å². The van der Waals surface area contributed by atoms with Crippen molar-refractivity contribution in [1.82, 2.24) is 5.32 Å². The molecule has 0 spiro atoms. The molecule has 0 bridgehead atoms. The predicted octanol–water partition coefficient (Wildman–Crippen LogP) is 1.40. The average molecular weight is 152 g/mol. The third-order valence-corrected chi connectivity index (χ3v) is 1.21. The molecule has 0 saturated heterocycles. The van der Waals surface area contributed by atoms with Crippen LogP contribution in [0.5, 0.6) is 0 Å². The Kier molecular flexibility index (Phi) is 2.72. The van der Waals surface area contributed by atoms with Gasteiger partial charge < -0.3 is 10.1 Å². The van der Waals surface area contributed by atoms with E-state index in [2.05, 4.69) is 10.3 Å². The highest BCUT2D eigenvalue weighted by Gasteiger charge is 1.98. The quantitative estimate of drug-likeness (QED) is 0.616. The van der Waals surface area contributed by atoms with E-state index in [1.807, 2.05) is 26.0 Å². The highest BCUT2D eigenvalue weighted by molar-refractivity contribution is 5.76. The van der Waals surface area contributed by atoms with Gasteiger partial charge in [0, 0.05) is 11.9 Å². The Hall–Kier alpha value is -1.25. The summed E-state index contributed by atoms with van der Waals surface area (Å²) in [7, 11) is 0. The maximum Gasteiger partial charge on any atom is 0.293 e. The molecule has 3 nitrogen and oxygen atoms in total. The molecule has 0 atom stereocenters. The van der Waals surface area contributed by atoms with Crippen molar-refractivity contribution in [2.45, 2.75) is 13.8 Å². The minimum atomic E-state index is 0.565. The first-order chi connectivity index (χ1) is 5.33. The third-order valence-electron chi connectivity index (χ3n) is 1.21. The fraction of sp³-hybridized carbons (Fsp3) is 0.375. The first-order valence-electron chi connectivity index (χ1n) is 3.64. The first kappa shape index (κ1) is 7.85. The Morgan fingerprint density at radius 2 is 2.45 bits per heavy atom. The summed E-state index contributed by atoms with van der Waals surface area (Å²) in [5.74, 6) is 0. The van der Waals surface area contributed by atoms with E-state index in [9.17, 15) is 0 Å². The van der Waals surface area contributed by atoms with E-state index in [1.54, 1.807) is 6.20 Å². The molecule has 0 unspecified atom stereocenters. The summed E-state index contributed by atoms with van der Waals surface area (Å²) in [6, 6.07) is 0.565. The number of allylic oxidation sites excluding steroid dienone is 3. The fourth-order valence-corrected chi connectivity index (χ4v) is 0.751. The van der Waals surface area contributed by atoms with Gasteiger partial charge in [-0.3, -0.25) is 0 Å². The van der Waals surface area contributed by atoms with Gasteiger partial charge in [-0.1, -0.05) is 0 Å². The summed E-state index contributed by atoms with van der Waals surface area (Å²) in [4.78, 5) is 4.01. The Labute approximate surface area is 66.5 Å². The van der Waals surface area contributed by atoms with E-state index in [0.717, 1.165) is 5.70 Å². The summed E-state index contributed by atoms with van der Waals surface area (Å²) in [6.45, 7) is 4.52. The SMILES string of the molecule is CCOC1=NC=CC=C(C)N1. The number of nitrogens with one attached hydrogen (secondary N) is 1. The van der Waals surface area contributed by atoms with E-state index < -0.39 is 0 Å². The number of ether oxygens (including phenoxy) is 1. The number of rotatable bonds is 1. The summed E-state index contributed by atoms with van der Waals surface area (Å²) in [6.07, 6.45) is 5.51. The molecule has 1 aliphatic rings. The van der Waals surface area contributed by atoms with Gasteiger partial charge in [0.1, 0.15) is 0 Å². The Balaban J connectivity index is 2.61. The van der Waals surface area contributed by atoms with Crippen molar-refractivity contribution in [1.29, 1.82) is 0 Å². The van der Waals surface area contributed by atoms with Gasteiger partial charge in [0.25, 0.3) is 6.02 Å². The van der Waals surface area contributed by atoms with Gasteiger partial charge in [0.05, 0.1) is 6.61 Å². The molecular weight excluding hydrogens is 140 g/mol. The summed E-state index contributed by atoms with van der Waals surface area (Å²) in [5.41, 5.74) is 1.03. The minimum Gasteiger partial charge on any atom is -0.465 e. The van der Waals surface area contributed by atoms with E-state index in [0.29, 0.717) is 12.6 Å². The van der Waals surface area contributed by atoms with Gasteiger partial charge in [-0.15, -0.1) is 0 Å². The molecule has 1 aliphatic heterocycles. The molecule has 0 fully saturated rings. The molecule has 0 amide bonds. The molecule has 1 rings (SSSR count). The highest BCUT2D eigenvalue weighted by atomic mass is 16.5. The molecule has 3 heteroatoms. The van der Waals surface area contributed by atoms with Crippen LogP contribution in [-0.2, 0) is 4.74 Å². The smallest absolute Gasteiger partial charge is 0.293 e. The lowest BCUT2D eigenvalue weighted by atomic mass is 10.4. The van der Waals surface area contributed by atoms with Gasteiger partial charge >= 0.3 is 0 Å². The predicted molar refractivity (Wildman–Crippen MR) is 45.1 cm³/mol. The molecule has 0 radical (unpaired) electrons. The van der Waals surface area contributed by atoms with Gasteiger partial charge in [-0.2, -0.15) is 0 Å². The second kappa shape index (κ2) is 3.81. The second-order valence-electron chi connectivity index (χ2n) is 2.18. The van der Waals surface area contributed by atoms with Crippen LogP contribution in [0.3, 0.4) is 0 Å². The third kappa shape index (κ3) is 2.45. The fourth-order valence-electron chi connectivity index (χ4n) is 0.751. The van der Waals surface area contributed by atoms with E-state index in [1.165, 1.54) is 0 Å². The van der Waals surface area contributed by atoms with Gasteiger partial charge in [0.2, 0.25) is 0 Å². The molecule has 1 heterocycles. The van der Waals surface area contributed by atoms with E-state index in [-0.39, 0.29) is 0 Å². The van der Waals surface area contributed by atoms with E-state index >= 15 is 0 Å². The summed E-state index contributed by atoms with van der Waals surface area (Å²) in [5, 5.41) is 3.01. The molecule has 0 aromatic rings. The largest absolute Gasteiger partial charge is 0.465 e. The molecule has 0 aromatic heterocycles. The normalized spacial score (nSPS) is 16.2. The highest BCUT2D eigenvalue weighted by Crippen LogP contribution is 1.95. The van der Waals surface area contributed by atoms with Crippen LogP contribution in [0.15, 0.2) is 29.0 Å². The minimum absolute atomic E-state index is 0.565. The van der Waals surface area contributed by atoms with Gasteiger partial charge in [-0.05, 0) is 26.0 Å². The number of nitrogens with zero attached hydrogens (tertiary/aromatic N) is 1. The number of hydrogen-bond donors (Lipinski definition) is 1. The van der Waals surface area contributed by atoms with Crippen LogP contribution in [-0.4, -0.2) is 12.6 Å². The molecule has 11 heavy (non-hydrogen) atoms. The van der Waals surface area contributed by atoms with Crippen LogP contribution >= 0.6 is 0 Å². The molecule has 60 valence electrons. The van der Waals surface area contributed by atoms with Crippen LogP contribution in [0.2, 0.25) is 0 Å². The average Bonchev–Trinajstić information content (AvgIpc) is 2.15. The topological polar surface area (TPSA) is 33.6 Å². The van der Waals surface area contributed by atoms with Gasteiger partial charge in [-0.25, -0.2) is 4.99 Å². The molecule has 0 aromatic carbocycles. The number of amidine groups is 1. The zero-order chi connectivity index (χ0) is 8.10. The summed E-state index contributed by atoms with van der Waals surface area (Å²) >= 11 is 0. The lowest BCUT2D eigenvalue weighted by Crippen LogP contribution is -2.23. The monoisotopic (exact) mass is 152 g/mol. The zero-order valence-electron chi connectivity index (χ0n) is 6.79. The maximum atomic E-state index is 5.18. The van der Waals surface area contributed by atoms with Crippen molar-refractivity contribution in [2.75, 3.05) is 6.61 Å². The van der Waals surface area contributed by atoms with E-state index in [4.69, 9.17) is 4.74 Å². The van der Waals surface area contributed by atoms with Crippen molar-refractivity contribution in [3.05, 3.63) is 24.0 Å².